The molecule has 20 heavy (non-hydrogen) atoms. The predicted octanol–water partition coefficient (Wildman–Crippen LogP) is 1.79. The van der Waals surface area contributed by atoms with Crippen LogP contribution in [-0.4, -0.2) is 12.1 Å². The Morgan fingerprint density at radius 3 is 2.70 bits per heavy atom. The normalized spacial score (nSPS) is 13.4. The van der Waals surface area contributed by atoms with Crippen molar-refractivity contribution in [2.24, 2.45) is 0 Å². The van der Waals surface area contributed by atoms with Crippen LogP contribution < -0.4 is 10.8 Å². The molecule has 1 heterocycles. The molecule has 0 aliphatic carbocycles. The van der Waals surface area contributed by atoms with E-state index in [0.717, 1.165) is 5.56 Å². The molecule has 0 amide bonds. The summed E-state index contributed by atoms with van der Waals surface area (Å²) in [5, 5.41) is 12.3. The first-order chi connectivity index (χ1) is 9.66. The predicted molar refractivity (Wildman–Crippen MR) is 72.5 cm³/mol. The van der Waals surface area contributed by atoms with E-state index in [9.17, 15) is 13.8 Å². The molecule has 0 saturated carbocycles. The molecular weight excluding hydrogens is 263 g/mol. The second-order valence-corrected chi connectivity index (χ2v) is 4.63. The highest BCUT2D eigenvalue weighted by atomic mass is 19.2. The number of benzene rings is 2. The van der Waals surface area contributed by atoms with E-state index in [1.54, 1.807) is 0 Å². The summed E-state index contributed by atoms with van der Waals surface area (Å²) in [5.41, 5.74) is 1.40. The summed E-state index contributed by atoms with van der Waals surface area (Å²) in [5.74, 6) is -2.05. The lowest BCUT2D eigenvalue weighted by atomic mass is 9.79. The molecule has 1 aliphatic rings. The van der Waals surface area contributed by atoms with Gasteiger partial charge in [-0.25, -0.2) is 8.78 Å². The van der Waals surface area contributed by atoms with Crippen LogP contribution in [0, 0.1) is 11.6 Å². The number of halogens is 2. The van der Waals surface area contributed by atoms with E-state index >= 15 is 0 Å². The van der Waals surface area contributed by atoms with E-state index in [2.05, 4.69) is 5.32 Å². The van der Waals surface area contributed by atoms with E-state index in [-0.39, 0.29) is 17.8 Å². The van der Waals surface area contributed by atoms with Crippen molar-refractivity contribution < 1.29 is 18.5 Å². The first kappa shape index (κ1) is 13.1. The van der Waals surface area contributed by atoms with Gasteiger partial charge in [-0.15, -0.1) is 0 Å². The van der Waals surface area contributed by atoms with Gasteiger partial charge >= 0.3 is 7.12 Å². The van der Waals surface area contributed by atoms with Gasteiger partial charge in [0.2, 0.25) is 0 Å². The highest BCUT2D eigenvalue weighted by molar-refractivity contribution is 6.61. The molecule has 102 valence electrons. The van der Waals surface area contributed by atoms with Crippen molar-refractivity contribution in [1.82, 2.24) is 0 Å². The zero-order chi connectivity index (χ0) is 14.1. The molecule has 0 saturated heterocycles. The average molecular weight is 275 g/mol. The lowest BCUT2D eigenvalue weighted by Gasteiger charge is -2.11. The highest BCUT2D eigenvalue weighted by Crippen LogP contribution is 2.23. The minimum absolute atomic E-state index is 0.0720. The van der Waals surface area contributed by atoms with Crippen LogP contribution in [0.25, 0.3) is 0 Å². The average Bonchev–Trinajstić information content (AvgIpc) is 2.84. The Morgan fingerprint density at radius 2 is 1.95 bits per heavy atom. The molecule has 0 atom stereocenters. The van der Waals surface area contributed by atoms with Crippen molar-refractivity contribution >= 4 is 18.3 Å². The molecule has 2 aromatic carbocycles. The van der Waals surface area contributed by atoms with Gasteiger partial charge in [-0.2, -0.15) is 0 Å². The van der Waals surface area contributed by atoms with Crippen LogP contribution in [-0.2, 0) is 17.8 Å². The van der Waals surface area contributed by atoms with Crippen LogP contribution >= 0.6 is 0 Å². The van der Waals surface area contributed by atoms with E-state index in [1.165, 1.54) is 6.07 Å². The van der Waals surface area contributed by atoms with Gasteiger partial charge < -0.3 is 15.0 Å². The summed E-state index contributed by atoms with van der Waals surface area (Å²) in [6, 6.07) is 10.9. The maximum absolute atomic E-state index is 13.9. The van der Waals surface area contributed by atoms with Gasteiger partial charge in [0, 0.05) is 12.0 Å². The largest absolute Gasteiger partial charge is 0.494 e. The monoisotopic (exact) mass is 275 g/mol. The van der Waals surface area contributed by atoms with Gasteiger partial charge in [-0.05, 0) is 17.2 Å². The Bertz CT molecular complexity index is 637. The Kier molecular flexibility index (Phi) is 3.42. The summed E-state index contributed by atoms with van der Waals surface area (Å²) >= 11 is 0. The van der Waals surface area contributed by atoms with Crippen molar-refractivity contribution in [3.63, 3.8) is 0 Å². The number of rotatable bonds is 3. The Balaban J connectivity index is 1.86. The second kappa shape index (κ2) is 5.23. The molecule has 0 aromatic heterocycles. The van der Waals surface area contributed by atoms with E-state index in [1.807, 2.05) is 30.3 Å². The summed E-state index contributed by atoms with van der Waals surface area (Å²) in [7, 11) is -1.39. The molecular formula is C14H12BF2NO2. The SMILES string of the molecule is OB1OCc2cc(NCc3ccccc3)c(F)c(F)c21. The third-order valence-corrected chi connectivity index (χ3v) is 3.30. The molecule has 0 fully saturated rings. The number of fused-ring (bicyclic) bond motifs is 1. The third kappa shape index (κ3) is 2.28. The Hall–Kier alpha value is -1.92. The molecule has 0 unspecified atom stereocenters. The van der Waals surface area contributed by atoms with Crippen LogP contribution in [0.2, 0.25) is 0 Å². The van der Waals surface area contributed by atoms with Crippen LogP contribution in [0.4, 0.5) is 14.5 Å². The fourth-order valence-electron chi connectivity index (χ4n) is 2.25. The lowest BCUT2D eigenvalue weighted by Crippen LogP contribution is -2.32. The highest BCUT2D eigenvalue weighted by Gasteiger charge is 2.33. The van der Waals surface area contributed by atoms with E-state index < -0.39 is 18.8 Å². The maximum Gasteiger partial charge on any atom is 0.494 e. The molecule has 0 radical (unpaired) electrons. The quantitative estimate of drug-likeness (QED) is 0.839. The van der Waals surface area contributed by atoms with Crippen molar-refractivity contribution in [3.8, 4) is 0 Å². The van der Waals surface area contributed by atoms with Gasteiger partial charge in [-0.3, -0.25) is 0 Å². The number of hydrogen-bond acceptors (Lipinski definition) is 3. The van der Waals surface area contributed by atoms with Crippen molar-refractivity contribution in [2.45, 2.75) is 13.2 Å². The Labute approximate surface area is 115 Å². The van der Waals surface area contributed by atoms with E-state index in [0.29, 0.717) is 12.1 Å². The fourth-order valence-corrected chi connectivity index (χ4v) is 2.25. The lowest BCUT2D eigenvalue weighted by molar-refractivity contribution is 0.275. The Morgan fingerprint density at radius 1 is 1.20 bits per heavy atom. The second-order valence-electron chi connectivity index (χ2n) is 4.63. The first-order valence-corrected chi connectivity index (χ1v) is 6.25. The fraction of sp³-hybridized carbons (Fsp3) is 0.143. The van der Waals surface area contributed by atoms with Gasteiger partial charge in [0.05, 0.1) is 12.3 Å². The van der Waals surface area contributed by atoms with Crippen molar-refractivity contribution in [1.29, 1.82) is 0 Å². The van der Waals surface area contributed by atoms with Gasteiger partial charge in [-0.1, -0.05) is 30.3 Å². The van der Waals surface area contributed by atoms with Gasteiger partial charge in [0.1, 0.15) is 0 Å². The van der Waals surface area contributed by atoms with Crippen molar-refractivity contribution in [3.05, 3.63) is 59.2 Å². The van der Waals surface area contributed by atoms with Crippen LogP contribution in [0.15, 0.2) is 36.4 Å². The molecule has 1 aliphatic heterocycles. The standard InChI is InChI=1S/C14H12BF2NO2/c16-13-11(18-7-9-4-2-1-3-5-9)6-10-8-20-15(19)12(10)14(13)17/h1-6,18-19H,7-8H2. The molecule has 3 nitrogen and oxygen atoms in total. The molecule has 6 heteroatoms. The molecule has 2 N–H and O–H groups in total. The zero-order valence-corrected chi connectivity index (χ0v) is 10.6. The summed E-state index contributed by atoms with van der Waals surface area (Å²) < 4.78 is 32.7. The number of anilines is 1. The molecule has 0 spiro atoms. The van der Waals surface area contributed by atoms with Crippen LogP contribution in [0.3, 0.4) is 0 Å². The summed E-state index contributed by atoms with van der Waals surface area (Å²) in [4.78, 5) is 0. The van der Waals surface area contributed by atoms with Crippen LogP contribution in [0.1, 0.15) is 11.1 Å². The summed E-state index contributed by atoms with van der Waals surface area (Å²) in [6.07, 6.45) is 0. The zero-order valence-electron chi connectivity index (χ0n) is 10.6. The smallest absolute Gasteiger partial charge is 0.423 e. The van der Waals surface area contributed by atoms with Gasteiger partial charge in [0.25, 0.3) is 0 Å². The first-order valence-electron chi connectivity index (χ1n) is 6.25. The third-order valence-electron chi connectivity index (χ3n) is 3.30. The van der Waals surface area contributed by atoms with Gasteiger partial charge in [0.15, 0.2) is 11.6 Å². The molecule has 0 bridgehead atoms. The summed E-state index contributed by atoms with van der Waals surface area (Å²) in [6.45, 7) is 0.465. The van der Waals surface area contributed by atoms with E-state index in [4.69, 9.17) is 4.65 Å². The minimum atomic E-state index is -1.39. The van der Waals surface area contributed by atoms with Crippen LogP contribution in [0.5, 0.6) is 0 Å². The number of hydrogen-bond donors (Lipinski definition) is 2. The molecule has 2 aromatic rings. The maximum atomic E-state index is 13.9. The van der Waals surface area contributed by atoms with Crippen molar-refractivity contribution in [2.75, 3.05) is 5.32 Å². The molecule has 3 rings (SSSR count). The topological polar surface area (TPSA) is 41.5 Å². The minimum Gasteiger partial charge on any atom is -0.423 e. The number of nitrogens with one attached hydrogen (secondary N) is 1.